The molecule has 1 amide bonds. The normalized spacial score (nSPS) is 10.5. The number of carbonyl (C=O) groups excluding carboxylic acids is 1. The van der Waals surface area contributed by atoms with Crippen molar-refractivity contribution in [3.05, 3.63) is 74.6 Å². The highest BCUT2D eigenvalue weighted by atomic mass is 35.5. The van der Waals surface area contributed by atoms with Gasteiger partial charge in [-0.05, 0) is 18.2 Å². The quantitative estimate of drug-likeness (QED) is 0.763. The molecule has 2 N–H and O–H groups in total. The van der Waals surface area contributed by atoms with Crippen molar-refractivity contribution < 1.29 is 4.79 Å². The number of nitrogens with zero attached hydrogens (tertiary/aromatic N) is 1. The summed E-state index contributed by atoms with van der Waals surface area (Å²) in [6, 6.07) is 10.3. The molecule has 116 valence electrons. The lowest BCUT2D eigenvalue weighted by molar-refractivity contribution is 0.0951. The van der Waals surface area contributed by atoms with E-state index < -0.39 is 0 Å². The van der Waals surface area contributed by atoms with Crippen LogP contribution in [-0.4, -0.2) is 15.9 Å². The lowest BCUT2D eigenvalue weighted by Crippen LogP contribution is -2.23. The number of hydrogen-bond acceptors (Lipinski definition) is 4. The molecular weight excluding hydrogens is 334 g/mol. The van der Waals surface area contributed by atoms with Crippen molar-refractivity contribution in [1.29, 1.82) is 0 Å². The van der Waals surface area contributed by atoms with Gasteiger partial charge in [-0.1, -0.05) is 23.7 Å². The first-order valence-electron chi connectivity index (χ1n) is 6.79. The summed E-state index contributed by atoms with van der Waals surface area (Å²) in [6.45, 7) is 0.358. The Balaban J connectivity index is 1.66. The maximum absolute atomic E-state index is 12.0. The predicted molar refractivity (Wildman–Crippen MR) is 90.8 cm³/mol. The van der Waals surface area contributed by atoms with Crippen LogP contribution in [0.15, 0.2) is 53.6 Å². The van der Waals surface area contributed by atoms with Gasteiger partial charge in [-0.15, -0.1) is 11.3 Å². The summed E-state index contributed by atoms with van der Waals surface area (Å²) in [4.78, 5) is 30.9. The number of pyridine rings is 1. The van der Waals surface area contributed by atoms with E-state index in [4.69, 9.17) is 11.6 Å². The Morgan fingerprint density at radius 1 is 1.26 bits per heavy atom. The van der Waals surface area contributed by atoms with Crippen LogP contribution in [0.4, 0.5) is 0 Å². The maximum atomic E-state index is 12.0. The van der Waals surface area contributed by atoms with Gasteiger partial charge in [0, 0.05) is 39.5 Å². The molecule has 0 spiro atoms. The standard InChI is InChI=1S/C16H12ClN3O2S/c17-12-3-1-10(2-4-12)16-20-9-13(23-16)8-19-15(22)11-5-6-18-14(21)7-11/h1-7,9H,8H2,(H,18,21)(H,19,22). The molecule has 0 radical (unpaired) electrons. The van der Waals surface area contributed by atoms with Crippen molar-refractivity contribution in [3.8, 4) is 10.6 Å². The van der Waals surface area contributed by atoms with Crippen molar-refractivity contribution >= 4 is 28.8 Å². The molecule has 3 rings (SSSR count). The lowest BCUT2D eigenvalue weighted by Gasteiger charge is -2.02. The van der Waals surface area contributed by atoms with Gasteiger partial charge in [0.25, 0.3) is 5.91 Å². The van der Waals surface area contributed by atoms with Crippen LogP contribution in [-0.2, 0) is 6.54 Å². The van der Waals surface area contributed by atoms with Crippen LogP contribution in [0.1, 0.15) is 15.2 Å². The van der Waals surface area contributed by atoms with E-state index in [1.54, 1.807) is 12.3 Å². The molecule has 1 aromatic carbocycles. The highest BCUT2D eigenvalue weighted by Crippen LogP contribution is 2.26. The second-order valence-corrected chi connectivity index (χ2v) is 6.31. The number of benzene rings is 1. The lowest BCUT2D eigenvalue weighted by atomic mass is 10.2. The third-order valence-corrected chi connectivity index (χ3v) is 4.40. The average molecular weight is 346 g/mol. The fourth-order valence-corrected chi connectivity index (χ4v) is 2.95. The molecule has 5 nitrogen and oxygen atoms in total. The molecule has 2 aromatic heterocycles. The van der Waals surface area contributed by atoms with Crippen LogP contribution in [0.5, 0.6) is 0 Å². The highest BCUT2D eigenvalue weighted by Gasteiger charge is 2.08. The number of thiazole rings is 1. The van der Waals surface area contributed by atoms with E-state index in [1.165, 1.54) is 23.6 Å². The fraction of sp³-hybridized carbons (Fsp3) is 0.0625. The summed E-state index contributed by atoms with van der Waals surface area (Å²) in [6.07, 6.45) is 3.18. The minimum absolute atomic E-state index is 0.294. The first-order valence-corrected chi connectivity index (χ1v) is 7.99. The van der Waals surface area contributed by atoms with Crippen molar-refractivity contribution in [2.75, 3.05) is 0 Å². The molecule has 2 heterocycles. The number of H-pyrrole nitrogens is 1. The molecule has 0 fully saturated rings. The van der Waals surface area contributed by atoms with E-state index in [9.17, 15) is 9.59 Å². The van der Waals surface area contributed by atoms with Gasteiger partial charge in [-0.3, -0.25) is 9.59 Å². The Hall–Kier alpha value is -2.44. The van der Waals surface area contributed by atoms with Crippen molar-refractivity contribution in [3.63, 3.8) is 0 Å². The summed E-state index contributed by atoms with van der Waals surface area (Å²) in [5, 5.41) is 4.31. The molecule has 23 heavy (non-hydrogen) atoms. The van der Waals surface area contributed by atoms with Crippen LogP contribution in [0.2, 0.25) is 5.02 Å². The Kier molecular flexibility index (Phi) is 4.55. The average Bonchev–Trinajstić information content (AvgIpc) is 3.02. The molecule has 0 unspecified atom stereocenters. The number of rotatable bonds is 4. The molecule has 0 bridgehead atoms. The summed E-state index contributed by atoms with van der Waals surface area (Å²) in [7, 11) is 0. The number of halogens is 1. The molecule has 0 saturated carbocycles. The Morgan fingerprint density at radius 3 is 2.78 bits per heavy atom. The molecule has 0 aliphatic heterocycles. The fourth-order valence-electron chi connectivity index (χ4n) is 1.97. The van der Waals surface area contributed by atoms with Crippen LogP contribution in [0, 0.1) is 0 Å². The van der Waals surface area contributed by atoms with E-state index in [0.717, 1.165) is 15.4 Å². The third-order valence-electron chi connectivity index (χ3n) is 3.11. The zero-order chi connectivity index (χ0) is 16.2. The molecule has 7 heteroatoms. The number of hydrogen-bond donors (Lipinski definition) is 2. The molecule has 0 aliphatic carbocycles. The topological polar surface area (TPSA) is 74.8 Å². The van der Waals surface area contributed by atoms with Crippen molar-refractivity contribution in [2.24, 2.45) is 0 Å². The summed E-state index contributed by atoms with van der Waals surface area (Å²) >= 11 is 7.36. The van der Waals surface area contributed by atoms with Crippen LogP contribution >= 0.6 is 22.9 Å². The van der Waals surface area contributed by atoms with Crippen molar-refractivity contribution in [2.45, 2.75) is 6.54 Å². The second kappa shape index (κ2) is 6.76. The molecule has 0 aliphatic rings. The summed E-state index contributed by atoms with van der Waals surface area (Å²) in [5.41, 5.74) is 1.00. The highest BCUT2D eigenvalue weighted by molar-refractivity contribution is 7.15. The van der Waals surface area contributed by atoms with Crippen molar-refractivity contribution in [1.82, 2.24) is 15.3 Å². The van der Waals surface area contributed by atoms with E-state index in [1.807, 2.05) is 24.3 Å². The van der Waals surface area contributed by atoms with Gasteiger partial charge in [-0.25, -0.2) is 4.98 Å². The maximum Gasteiger partial charge on any atom is 0.251 e. The largest absolute Gasteiger partial charge is 0.347 e. The van der Waals surface area contributed by atoms with E-state index in [-0.39, 0.29) is 11.5 Å². The van der Waals surface area contributed by atoms with Gasteiger partial charge in [0.1, 0.15) is 5.01 Å². The first kappa shape index (κ1) is 15.5. The predicted octanol–water partition coefficient (Wildman–Crippen LogP) is 3.08. The zero-order valence-corrected chi connectivity index (χ0v) is 13.4. The smallest absolute Gasteiger partial charge is 0.251 e. The van der Waals surface area contributed by atoms with E-state index in [0.29, 0.717) is 17.1 Å². The second-order valence-electron chi connectivity index (χ2n) is 4.76. The Labute approximate surface area is 141 Å². The molecule has 0 saturated heterocycles. The number of carbonyl (C=O) groups is 1. The van der Waals surface area contributed by atoms with Crippen LogP contribution in [0.3, 0.4) is 0 Å². The van der Waals surface area contributed by atoms with Crippen LogP contribution in [0.25, 0.3) is 10.6 Å². The van der Waals surface area contributed by atoms with E-state index in [2.05, 4.69) is 15.3 Å². The zero-order valence-electron chi connectivity index (χ0n) is 11.9. The number of nitrogens with one attached hydrogen (secondary N) is 2. The van der Waals surface area contributed by atoms with Gasteiger partial charge in [0.2, 0.25) is 5.56 Å². The van der Waals surface area contributed by atoms with Gasteiger partial charge in [0.15, 0.2) is 0 Å². The van der Waals surface area contributed by atoms with Gasteiger partial charge >= 0.3 is 0 Å². The van der Waals surface area contributed by atoms with Gasteiger partial charge in [0.05, 0.1) is 6.54 Å². The number of aromatic amines is 1. The van der Waals surface area contributed by atoms with E-state index >= 15 is 0 Å². The monoisotopic (exact) mass is 345 g/mol. The van der Waals surface area contributed by atoms with Crippen LogP contribution < -0.4 is 10.9 Å². The number of amides is 1. The Morgan fingerprint density at radius 2 is 2.04 bits per heavy atom. The SMILES string of the molecule is O=C(NCc1cnc(-c2ccc(Cl)cc2)s1)c1cc[nH]c(=O)c1. The minimum Gasteiger partial charge on any atom is -0.347 e. The van der Waals surface area contributed by atoms with Gasteiger partial charge in [-0.2, -0.15) is 0 Å². The first-order chi connectivity index (χ1) is 11.1. The number of aromatic nitrogens is 2. The molecule has 3 aromatic rings. The Bertz CT molecular complexity index is 887. The van der Waals surface area contributed by atoms with Gasteiger partial charge < -0.3 is 10.3 Å². The minimum atomic E-state index is -0.305. The molecule has 0 atom stereocenters. The molecular formula is C16H12ClN3O2S. The summed E-state index contributed by atoms with van der Waals surface area (Å²) < 4.78 is 0. The summed E-state index contributed by atoms with van der Waals surface area (Å²) in [5.74, 6) is -0.294. The third kappa shape index (κ3) is 3.85.